The van der Waals surface area contributed by atoms with Crippen LogP contribution >= 0.6 is 0 Å². The number of nitrogens with one attached hydrogen (secondary N) is 2. The summed E-state index contributed by atoms with van der Waals surface area (Å²) in [7, 11) is -3.93. The zero-order valence-electron chi connectivity index (χ0n) is 24.9. The van der Waals surface area contributed by atoms with Crippen LogP contribution in [0.3, 0.4) is 0 Å². The van der Waals surface area contributed by atoms with E-state index in [1.165, 1.54) is 21.4 Å². The highest BCUT2D eigenvalue weighted by atomic mass is 32.2. The first-order valence-corrected chi connectivity index (χ1v) is 15.8. The predicted molar refractivity (Wildman–Crippen MR) is 160 cm³/mol. The van der Waals surface area contributed by atoms with Crippen molar-refractivity contribution in [2.45, 2.75) is 83.4 Å². The van der Waals surface area contributed by atoms with Gasteiger partial charge in [-0.3, -0.25) is 15.0 Å². The van der Waals surface area contributed by atoms with Crippen LogP contribution in [0.25, 0.3) is 0 Å². The molecule has 41 heavy (non-hydrogen) atoms. The van der Waals surface area contributed by atoms with Crippen molar-refractivity contribution in [2.24, 2.45) is 11.3 Å². The molecule has 2 amide bonds. The molecular formula is C31H46N4O5S. The van der Waals surface area contributed by atoms with Crippen LogP contribution in [0.4, 0.5) is 0 Å². The number of aliphatic hydroxyl groups excluding tert-OH is 1. The molecule has 0 saturated heterocycles. The summed E-state index contributed by atoms with van der Waals surface area (Å²) in [4.78, 5) is 26.8. The van der Waals surface area contributed by atoms with Gasteiger partial charge in [-0.05, 0) is 48.3 Å². The molecule has 0 radical (unpaired) electrons. The first kappa shape index (κ1) is 32.7. The molecule has 9 nitrogen and oxygen atoms in total. The SMILES string of the molecule is CC(C)CN(C[C@@H](O)[C@H](Cc1ccccc1)N(NC(=O)CNC1CC1)C(=O)CC(C)(C)C)S(=O)(=O)c1ccccc1. The molecule has 1 aliphatic rings. The van der Waals surface area contributed by atoms with Gasteiger partial charge in [0.1, 0.15) is 0 Å². The lowest BCUT2D eigenvalue weighted by molar-refractivity contribution is -0.149. The molecule has 2 aromatic carbocycles. The standard InChI is InChI=1S/C31H46N4O5S/c1-23(2)21-34(41(39,40)26-14-10-7-11-15-26)22-28(36)27(18-24-12-8-6-9-13-24)35(30(38)19-31(3,4)5)33-29(37)20-32-25-16-17-25/h6-15,23,25,27-28,32,36H,16-22H2,1-5H3,(H,33,37)/t27-,28+/m0/s1. The average Bonchev–Trinajstić information content (AvgIpc) is 3.73. The summed E-state index contributed by atoms with van der Waals surface area (Å²) in [6.07, 6.45) is 1.07. The number of amides is 2. The van der Waals surface area contributed by atoms with E-state index in [1.807, 2.05) is 65.0 Å². The second kappa shape index (κ2) is 14.4. The van der Waals surface area contributed by atoms with E-state index in [1.54, 1.807) is 18.2 Å². The van der Waals surface area contributed by atoms with Gasteiger partial charge in [0.25, 0.3) is 5.91 Å². The number of carbonyl (C=O) groups is 2. The number of hydrazine groups is 1. The summed E-state index contributed by atoms with van der Waals surface area (Å²) in [5.74, 6) is -0.751. The summed E-state index contributed by atoms with van der Waals surface area (Å²) >= 11 is 0. The Labute approximate surface area is 245 Å². The molecular weight excluding hydrogens is 540 g/mol. The minimum absolute atomic E-state index is 0.0138. The number of benzene rings is 2. The first-order chi connectivity index (χ1) is 19.3. The lowest BCUT2D eigenvalue weighted by Crippen LogP contribution is -2.60. The number of aliphatic hydroxyl groups is 1. The van der Waals surface area contributed by atoms with Crippen molar-refractivity contribution in [1.29, 1.82) is 0 Å². The van der Waals surface area contributed by atoms with Crippen molar-refractivity contribution >= 4 is 21.8 Å². The Balaban J connectivity index is 1.97. The fourth-order valence-electron chi connectivity index (χ4n) is 4.57. The predicted octanol–water partition coefficient (Wildman–Crippen LogP) is 3.35. The molecule has 226 valence electrons. The minimum Gasteiger partial charge on any atom is -0.390 e. The Morgan fingerprint density at radius 3 is 2.10 bits per heavy atom. The molecule has 0 bridgehead atoms. The molecule has 2 aromatic rings. The smallest absolute Gasteiger partial charge is 0.252 e. The minimum atomic E-state index is -3.93. The topological polar surface area (TPSA) is 119 Å². The van der Waals surface area contributed by atoms with Crippen LogP contribution in [0.1, 0.15) is 59.4 Å². The van der Waals surface area contributed by atoms with E-state index < -0.39 is 22.2 Å². The zero-order chi connectivity index (χ0) is 30.2. The number of nitrogens with zero attached hydrogens (tertiary/aromatic N) is 2. The Hall–Kier alpha value is -2.79. The van der Waals surface area contributed by atoms with Crippen LogP contribution < -0.4 is 10.7 Å². The molecule has 10 heteroatoms. The van der Waals surface area contributed by atoms with Crippen LogP contribution in [-0.4, -0.2) is 72.5 Å². The Kier molecular flexibility index (Phi) is 11.5. The van der Waals surface area contributed by atoms with Crippen molar-refractivity contribution in [3.05, 3.63) is 66.2 Å². The average molecular weight is 587 g/mol. The molecule has 0 aliphatic heterocycles. The monoisotopic (exact) mass is 586 g/mol. The number of carbonyl (C=O) groups excluding carboxylic acids is 2. The summed E-state index contributed by atoms with van der Waals surface area (Å²) in [5, 5.41) is 16.2. The van der Waals surface area contributed by atoms with E-state index in [2.05, 4.69) is 10.7 Å². The van der Waals surface area contributed by atoms with Crippen molar-refractivity contribution in [3.63, 3.8) is 0 Å². The molecule has 0 spiro atoms. The maximum Gasteiger partial charge on any atom is 0.252 e. The van der Waals surface area contributed by atoms with Gasteiger partial charge in [0.2, 0.25) is 15.9 Å². The number of hydrogen-bond acceptors (Lipinski definition) is 6. The van der Waals surface area contributed by atoms with Gasteiger partial charge in [0.15, 0.2) is 0 Å². The third-order valence-electron chi connectivity index (χ3n) is 6.73. The van der Waals surface area contributed by atoms with Gasteiger partial charge in [-0.15, -0.1) is 0 Å². The van der Waals surface area contributed by atoms with E-state index in [9.17, 15) is 23.1 Å². The van der Waals surface area contributed by atoms with E-state index in [4.69, 9.17) is 0 Å². The highest BCUT2D eigenvalue weighted by molar-refractivity contribution is 7.89. The van der Waals surface area contributed by atoms with Crippen LogP contribution in [-0.2, 0) is 26.0 Å². The Morgan fingerprint density at radius 1 is 0.976 bits per heavy atom. The second-order valence-electron chi connectivity index (χ2n) is 12.5. The molecule has 0 heterocycles. The van der Waals surface area contributed by atoms with Crippen molar-refractivity contribution in [3.8, 4) is 0 Å². The van der Waals surface area contributed by atoms with Crippen LogP contribution in [0.2, 0.25) is 0 Å². The largest absolute Gasteiger partial charge is 0.390 e. The number of sulfonamides is 1. The molecule has 3 N–H and O–H groups in total. The molecule has 2 atom stereocenters. The zero-order valence-corrected chi connectivity index (χ0v) is 25.7. The van der Waals surface area contributed by atoms with Gasteiger partial charge < -0.3 is 10.4 Å². The van der Waals surface area contributed by atoms with Crippen molar-refractivity contribution in [2.75, 3.05) is 19.6 Å². The van der Waals surface area contributed by atoms with E-state index >= 15 is 0 Å². The molecule has 0 unspecified atom stereocenters. The van der Waals surface area contributed by atoms with Crippen molar-refractivity contribution in [1.82, 2.24) is 20.1 Å². The summed E-state index contributed by atoms with van der Waals surface area (Å²) in [6.45, 7) is 9.58. The van der Waals surface area contributed by atoms with E-state index in [-0.39, 0.29) is 60.5 Å². The highest BCUT2D eigenvalue weighted by Gasteiger charge is 2.37. The summed E-state index contributed by atoms with van der Waals surface area (Å²) in [6, 6.07) is 16.9. The normalized spacial score (nSPS) is 15.5. The molecule has 1 fully saturated rings. The van der Waals surface area contributed by atoms with Gasteiger partial charge in [-0.25, -0.2) is 13.4 Å². The van der Waals surface area contributed by atoms with Gasteiger partial charge in [-0.1, -0.05) is 83.1 Å². The molecule has 0 aromatic heterocycles. The lowest BCUT2D eigenvalue weighted by atomic mass is 9.91. The number of rotatable bonds is 14. The molecule has 1 aliphatic carbocycles. The number of hydrogen-bond donors (Lipinski definition) is 3. The van der Waals surface area contributed by atoms with Gasteiger partial charge in [0, 0.05) is 25.6 Å². The van der Waals surface area contributed by atoms with E-state index in [0.29, 0.717) is 6.04 Å². The third-order valence-corrected chi connectivity index (χ3v) is 8.57. The Morgan fingerprint density at radius 2 is 1.56 bits per heavy atom. The third kappa shape index (κ3) is 10.5. The van der Waals surface area contributed by atoms with Crippen LogP contribution in [0.5, 0.6) is 0 Å². The van der Waals surface area contributed by atoms with E-state index in [0.717, 1.165) is 18.4 Å². The van der Waals surface area contributed by atoms with Gasteiger partial charge in [0.05, 0.1) is 23.6 Å². The molecule has 1 saturated carbocycles. The fraction of sp³-hybridized carbons (Fsp3) is 0.548. The summed E-state index contributed by atoms with van der Waals surface area (Å²) < 4.78 is 28.6. The first-order valence-electron chi connectivity index (χ1n) is 14.4. The second-order valence-corrected chi connectivity index (χ2v) is 14.5. The quantitative estimate of drug-likeness (QED) is 0.292. The van der Waals surface area contributed by atoms with Crippen molar-refractivity contribution < 1.29 is 23.1 Å². The van der Waals surface area contributed by atoms with Gasteiger partial charge in [-0.2, -0.15) is 4.31 Å². The summed E-state index contributed by atoms with van der Waals surface area (Å²) in [5.41, 5.74) is 3.23. The maximum absolute atomic E-state index is 13.7. The van der Waals surface area contributed by atoms with Gasteiger partial charge >= 0.3 is 0 Å². The molecule has 3 rings (SSSR count). The highest BCUT2D eigenvalue weighted by Crippen LogP contribution is 2.24. The lowest BCUT2D eigenvalue weighted by Gasteiger charge is -2.38. The fourth-order valence-corrected chi connectivity index (χ4v) is 6.21. The van der Waals surface area contributed by atoms with Crippen LogP contribution in [0.15, 0.2) is 65.6 Å². The Bertz CT molecular complexity index is 1230. The maximum atomic E-state index is 13.7. The van der Waals surface area contributed by atoms with Crippen LogP contribution in [0, 0.1) is 11.3 Å².